The van der Waals surface area contributed by atoms with E-state index >= 15 is 0 Å². The average Bonchev–Trinajstić information content (AvgIpc) is 1.86. The minimum Gasteiger partial charge on any atom is -0.311 e. The maximum atomic E-state index is 2.34. The summed E-state index contributed by atoms with van der Waals surface area (Å²) >= 11 is 0. The fourth-order valence-electron chi connectivity index (χ4n) is 1.32. The van der Waals surface area contributed by atoms with Gasteiger partial charge in [0.05, 0.1) is 0 Å². The predicted octanol–water partition coefficient (Wildman–Crippen LogP) is 3.82. The maximum Gasteiger partial charge on any atom is -0.0581 e. The van der Waals surface area contributed by atoms with Gasteiger partial charge in [0.25, 0.3) is 0 Å². The molecule has 0 saturated heterocycles. The molecule has 0 aliphatic rings. The molecule has 0 radical (unpaired) electrons. The van der Waals surface area contributed by atoms with Gasteiger partial charge in [-0.2, -0.15) is 18.8 Å². The molecule has 0 aromatic heterocycles. The number of hydrogen-bond donors (Lipinski definition) is 0. The van der Waals surface area contributed by atoms with E-state index in [0.717, 1.165) is 0 Å². The molecule has 0 bridgehead atoms. The highest BCUT2D eigenvalue weighted by atomic mass is 14.3. The molecule has 0 unspecified atom stereocenters. The van der Waals surface area contributed by atoms with E-state index in [9.17, 15) is 0 Å². The molecular formula is C10H21-. The molecule has 0 heteroatoms. The van der Waals surface area contributed by atoms with Gasteiger partial charge < -0.3 is 5.92 Å². The van der Waals surface area contributed by atoms with Gasteiger partial charge in [-0.05, 0) is 0 Å². The van der Waals surface area contributed by atoms with Crippen LogP contribution in [-0.2, 0) is 0 Å². The van der Waals surface area contributed by atoms with Crippen LogP contribution in [0.4, 0.5) is 0 Å². The van der Waals surface area contributed by atoms with Crippen LogP contribution < -0.4 is 0 Å². The second kappa shape index (κ2) is 4.00. The number of rotatable bonds is 4. The van der Waals surface area contributed by atoms with Crippen LogP contribution in [-0.4, -0.2) is 0 Å². The van der Waals surface area contributed by atoms with Crippen molar-refractivity contribution in [1.82, 2.24) is 0 Å². The first-order valence-electron chi connectivity index (χ1n) is 4.37. The molecule has 0 N–H and O–H groups in total. The zero-order valence-electron chi connectivity index (χ0n) is 8.12. The van der Waals surface area contributed by atoms with Crippen LogP contribution in [0.3, 0.4) is 0 Å². The third-order valence-corrected chi connectivity index (χ3v) is 2.56. The first kappa shape index (κ1) is 10.0. The van der Waals surface area contributed by atoms with E-state index in [-0.39, 0.29) is 0 Å². The molecule has 0 heterocycles. The monoisotopic (exact) mass is 141 g/mol. The van der Waals surface area contributed by atoms with Crippen LogP contribution >= 0.6 is 0 Å². The first-order valence-corrected chi connectivity index (χ1v) is 4.37. The minimum absolute atomic E-state index is 0.476. The predicted molar refractivity (Wildman–Crippen MR) is 47.9 cm³/mol. The van der Waals surface area contributed by atoms with E-state index in [0.29, 0.717) is 5.41 Å². The summed E-state index contributed by atoms with van der Waals surface area (Å²) in [6.07, 6.45) is 3.85. The van der Waals surface area contributed by atoms with Gasteiger partial charge in [0.2, 0.25) is 0 Å². The molecule has 0 nitrogen and oxygen atoms in total. The lowest BCUT2D eigenvalue weighted by Gasteiger charge is -2.43. The molecule has 62 valence electrons. The van der Waals surface area contributed by atoms with E-state index in [4.69, 9.17) is 0 Å². The van der Waals surface area contributed by atoms with Crippen LogP contribution in [0.5, 0.6) is 0 Å². The Morgan fingerprint density at radius 3 is 2.00 bits per heavy atom. The summed E-state index contributed by atoms with van der Waals surface area (Å²) < 4.78 is 0. The second-order valence-corrected chi connectivity index (χ2v) is 3.77. The molecule has 0 rings (SSSR count). The fraction of sp³-hybridized carbons (Fsp3) is 0.900. The van der Waals surface area contributed by atoms with E-state index < -0.39 is 0 Å². The van der Waals surface area contributed by atoms with Crippen molar-refractivity contribution in [2.24, 2.45) is 5.41 Å². The van der Waals surface area contributed by atoms with Gasteiger partial charge in [0, 0.05) is 0 Å². The summed E-state index contributed by atoms with van der Waals surface area (Å²) in [7, 11) is 0. The van der Waals surface area contributed by atoms with Crippen molar-refractivity contribution in [3.8, 4) is 0 Å². The van der Waals surface area contributed by atoms with Crippen LogP contribution in [0.2, 0.25) is 0 Å². The largest absolute Gasteiger partial charge is 0.311 e. The van der Waals surface area contributed by atoms with Crippen molar-refractivity contribution in [3.05, 3.63) is 5.92 Å². The highest BCUT2D eigenvalue weighted by molar-refractivity contribution is 4.97. The Bertz CT molecular complexity index is 82.0. The molecule has 0 aromatic carbocycles. The van der Waals surface area contributed by atoms with Crippen molar-refractivity contribution in [2.75, 3.05) is 0 Å². The van der Waals surface area contributed by atoms with Crippen molar-refractivity contribution in [1.29, 1.82) is 0 Å². The molecular weight excluding hydrogens is 120 g/mol. The number of hydrogen-bond acceptors (Lipinski definition) is 0. The Morgan fingerprint density at radius 2 is 1.70 bits per heavy atom. The molecule has 0 atom stereocenters. The van der Waals surface area contributed by atoms with Gasteiger partial charge >= 0.3 is 0 Å². The lowest BCUT2D eigenvalue weighted by Crippen LogP contribution is -2.18. The standard InChI is InChI=1S/C10H21/c1-6-8-10(4,5)9(3)7-2/h6-8H2,1-5H3/q-1. The van der Waals surface area contributed by atoms with Gasteiger partial charge in [0.15, 0.2) is 0 Å². The van der Waals surface area contributed by atoms with Gasteiger partial charge in [-0.3, -0.25) is 0 Å². The van der Waals surface area contributed by atoms with Crippen LogP contribution in [0.25, 0.3) is 0 Å². The Labute approximate surface area is 66.0 Å². The van der Waals surface area contributed by atoms with Crippen molar-refractivity contribution in [3.63, 3.8) is 0 Å². The summed E-state index contributed by atoms with van der Waals surface area (Å²) in [5.74, 6) is 1.63. The molecule has 10 heavy (non-hydrogen) atoms. The molecule has 0 aliphatic carbocycles. The third-order valence-electron chi connectivity index (χ3n) is 2.56. The lowest BCUT2D eigenvalue weighted by molar-refractivity contribution is 0.339. The fourth-order valence-corrected chi connectivity index (χ4v) is 1.32. The summed E-state index contributed by atoms with van der Waals surface area (Å²) in [6, 6.07) is 0. The summed E-state index contributed by atoms with van der Waals surface area (Å²) in [6.45, 7) is 11.5. The smallest absolute Gasteiger partial charge is 0.0581 e. The van der Waals surface area contributed by atoms with Crippen molar-refractivity contribution >= 4 is 0 Å². The third kappa shape index (κ3) is 2.72. The normalized spacial score (nSPS) is 12.6. The second-order valence-electron chi connectivity index (χ2n) is 3.77. The summed E-state index contributed by atoms with van der Waals surface area (Å²) in [5, 5.41) is 0. The van der Waals surface area contributed by atoms with Gasteiger partial charge in [-0.1, -0.05) is 40.5 Å². The Hall–Kier alpha value is 0. The van der Waals surface area contributed by atoms with Gasteiger partial charge in [0.1, 0.15) is 0 Å². The summed E-state index contributed by atoms with van der Waals surface area (Å²) in [4.78, 5) is 0. The zero-order valence-corrected chi connectivity index (χ0v) is 8.12. The van der Waals surface area contributed by atoms with E-state index in [1.54, 1.807) is 5.92 Å². The molecule has 0 amide bonds. The SMILES string of the molecule is CCCC(C)(C)[C-](C)CC. The summed E-state index contributed by atoms with van der Waals surface area (Å²) in [5.41, 5.74) is 0.476. The van der Waals surface area contributed by atoms with Crippen molar-refractivity contribution in [2.45, 2.75) is 53.9 Å². The first-order chi connectivity index (χ1) is 4.54. The lowest BCUT2D eigenvalue weighted by atomic mass is 9.75. The highest BCUT2D eigenvalue weighted by Crippen LogP contribution is 2.35. The molecule has 0 aromatic rings. The minimum atomic E-state index is 0.476. The van der Waals surface area contributed by atoms with Crippen molar-refractivity contribution < 1.29 is 0 Å². The van der Waals surface area contributed by atoms with Crippen LogP contribution in [0.15, 0.2) is 0 Å². The van der Waals surface area contributed by atoms with E-state index in [2.05, 4.69) is 34.6 Å². The van der Waals surface area contributed by atoms with E-state index in [1.165, 1.54) is 19.3 Å². The van der Waals surface area contributed by atoms with Gasteiger partial charge in [-0.25, -0.2) is 0 Å². The molecule has 0 spiro atoms. The van der Waals surface area contributed by atoms with Crippen LogP contribution in [0.1, 0.15) is 53.9 Å². The zero-order chi connectivity index (χ0) is 8.20. The quantitative estimate of drug-likeness (QED) is 0.522. The Kier molecular flexibility index (Phi) is 4.00. The topological polar surface area (TPSA) is 0 Å². The maximum absolute atomic E-state index is 2.34. The van der Waals surface area contributed by atoms with E-state index in [1.807, 2.05) is 0 Å². The molecule has 0 fully saturated rings. The van der Waals surface area contributed by atoms with Crippen LogP contribution in [0, 0.1) is 11.3 Å². The Balaban J connectivity index is 3.82. The highest BCUT2D eigenvalue weighted by Gasteiger charge is 2.10. The average molecular weight is 141 g/mol. The van der Waals surface area contributed by atoms with Gasteiger partial charge in [-0.15, -0.1) is 0 Å². The molecule has 0 saturated carbocycles. The molecule has 0 aliphatic heterocycles. The Morgan fingerprint density at radius 1 is 1.20 bits per heavy atom.